The number of ether oxygens (including phenoxy) is 3. The highest BCUT2D eigenvalue weighted by Crippen LogP contribution is 2.87. The van der Waals surface area contributed by atoms with Crippen LogP contribution in [0.25, 0.3) is 0 Å². The van der Waals surface area contributed by atoms with Crippen molar-refractivity contribution in [3.8, 4) is 0 Å². The smallest absolute Gasteiger partial charge is 0.410 e. The Bertz CT molecular complexity index is 1060. The van der Waals surface area contributed by atoms with Crippen molar-refractivity contribution >= 4 is 12.2 Å². The molecule has 2 saturated heterocycles. The Kier molecular flexibility index (Phi) is 7.64. The third-order valence-electron chi connectivity index (χ3n) is 14.2. The summed E-state index contributed by atoms with van der Waals surface area (Å²) in [4.78, 5) is 26.3. The molecule has 7 rings (SSSR count). The van der Waals surface area contributed by atoms with Gasteiger partial charge in [0.2, 0.25) is 0 Å². The molecular weight excluding hydrogens is 532 g/mol. The lowest BCUT2D eigenvalue weighted by molar-refractivity contribution is -0.149. The van der Waals surface area contributed by atoms with Crippen LogP contribution >= 0.6 is 0 Å². The summed E-state index contributed by atoms with van der Waals surface area (Å²) in [6.45, 7) is 13.3. The molecule has 2 aliphatic heterocycles. The van der Waals surface area contributed by atoms with Crippen molar-refractivity contribution < 1.29 is 28.9 Å². The Hall–Kier alpha value is -1.54. The number of rotatable bonds is 4. The Morgan fingerprint density at radius 1 is 0.929 bits per heavy atom. The molecule has 42 heavy (non-hydrogen) atoms. The molecule has 3 N–H and O–H groups in total. The van der Waals surface area contributed by atoms with Gasteiger partial charge < -0.3 is 30.0 Å². The number of likely N-dealkylation sites (tertiary alicyclic amines) is 1. The van der Waals surface area contributed by atoms with E-state index in [9.17, 15) is 9.59 Å². The average molecular weight is 589 g/mol. The predicted octanol–water partition coefficient (Wildman–Crippen LogP) is 6.13. The minimum atomic E-state index is -0.692. The van der Waals surface area contributed by atoms with E-state index in [4.69, 9.17) is 25.1 Å². The van der Waals surface area contributed by atoms with E-state index >= 15 is 0 Å². The lowest BCUT2D eigenvalue weighted by Gasteiger charge is -2.59. The molecule has 5 aliphatic carbocycles. The van der Waals surface area contributed by atoms with E-state index in [0.29, 0.717) is 28.1 Å². The Morgan fingerprint density at radius 2 is 1.64 bits per heavy atom. The predicted molar refractivity (Wildman–Crippen MR) is 159 cm³/mol. The SMILES string of the molecule is CC(C)[C@@H](OC(N)=O)C1CCC2C(CC3C4CCC5C(C)(C)[C@@H](OC(=O)N6CCC6)CCC56C[C@@]46CC[C@]23C)O1.CO. The molecule has 0 radical (unpaired) electrons. The number of nitrogens with two attached hydrogens (primary N) is 1. The second-order valence-corrected chi connectivity index (χ2v) is 16.2. The van der Waals surface area contributed by atoms with Crippen molar-refractivity contribution in [3.63, 3.8) is 0 Å². The minimum absolute atomic E-state index is 0.0281. The maximum Gasteiger partial charge on any atom is 0.410 e. The molecule has 11 atom stereocenters. The molecule has 2 heterocycles. The molecule has 7 unspecified atom stereocenters. The first-order valence-corrected chi connectivity index (χ1v) is 16.9. The van der Waals surface area contributed by atoms with Gasteiger partial charge in [0.25, 0.3) is 0 Å². The molecule has 0 aromatic rings. The third kappa shape index (κ3) is 4.27. The number of amides is 2. The minimum Gasteiger partial charge on any atom is -0.446 e. The van der Waals surface area contributed by atoms with Crippen LogP contribution < -0.4 is 5.73 Å². The summed E-state index contributed by atoms with van der Waals surface area (Å²) in [5.41, 5.74) is 6.73. The molecule has 5 saturated carbocycles. The van der Waals surface area contributed by atoms with Crippen LogP contribution in [0.4, 0.5) is 9.59 Å². The fourth-order valence-electron chi connectivity index (χ4n) is 12.2. The normalized spacial score (nSPS) is 46.7. The van der Waals surface area contributed by atoms with Crippen LogP contribution in [0.1, 0.15) is 105 Å². The van der Waals surface area contributed by atoms with Crippen LogP contribution in [-0.2, 0) is 14.2 Å². The lowest BCUT2D eigenvalue weighted by Crippen LogP contribution is -2.56. The van der Waals surface area contributed by atoms with Gasteiger partial charge in [0.15, 0.2) is 0 Å². The second kappa shape index (κ2) is 10.5. The monoisotopic (exact) mass is 588 g/mol. The van der Waals surface area contributed by atoms with Crippen molar-refractivity contribution in [2.45, 2.75) is 130 Å². The molecule has 0 bridgehead atoms. The number of aliphatic hydroxyl groups excluding tert-OH is 1. The molecule has 238 valence electrons. The standard InChI is InChI=1S/C33H52N2O5.CH4O/c1-19(2)27(40-28(34)36)23-9-7-21-24(38-23)17-22-20-8-10-25-30(3,4)26(39-29(37)35-15-6-16-35)11-12-33(25)18-32(20,33)14-13-31(21,22)5;1-2/h19-27H,6-18H2,1-5H3,(H2,34,36);2H,1H3/t20?,21?,22?,23?,24?,25?,26-,27+,31+,32-,33?;/m0./s1. The van der Waals surface area contributed by atoms with E-state index in [-0.39, 0.29) is 41.8 Å². The summed E-state index contributed by atoms with van der Waals surface area (Å²) in [7, 11) is 1.00. The zero-order chi connectivity index (χ0) is 30.2. The summed E-state index contributed by atoms with van der Waals surface area (Å²) in [5.74, 6) is 2.93. The first-order chi connectivity index (χ1) is 19.9. The molecular formula is C34H56N2O6. The zero-order valence-electron chi connectivity index (χ0n) is 26.9. The van der Waals surface area contributed by atoms with Gasteiger partial charge in [-0.3, -0.25) is 0 Å². The second-order valence-electron chi connectivity index (χ2n) is 16.2. The van der Waals surface area contributed by atoms with Gasteiger partial charge in [0.1, 0.15) is 12.2 Å². The number of aliphatic hydroxyl groups is 1. The first kappa shape index (κ1) is 30.5. The van der Waals surface area contributed by atoms with E-state index in [1.165, 1.54) is 38.5 Å². The molecule has 0 aromatic heterocycles. The van der Waals surface area contributed by atoms with Gasteiger partial charge in [-0.15, -0.1) is 0 Å². The van der Waals surface area contributed by atoms with Crippen molar-refractivity contribution in [2.75, 3.05) is 20.2 Å². The molecule has 2 amide bonds. The maximum absolute atomic E-state index is 12.8. The molecule has 7 fully saturated rings. The Balaban J connectivity index is 0.00000155. The fourth-order valence-corrected chi connectivity index (χ4v) is 12.2. The van der Waals surface area contributed by atoms with Crippen molar-refractivity contribution in [1.82, 2.24) is 4.90 Å². The van der Waals surface area contributed by atoms with Crippen LogP contribution in [0, 0.1) is 51.2 Å². The summed E-state index contributed by atoms with van der Waals surface area (Å²) < 4.78 is 18.6. The molecule has 8 heteroatoms. The van der Waals surface area contributed by atoms with Crippen LogP contribution in [0.15, 0.2) is 0 Å². The first-order valence-electron chi connectivity index (χ1n) is 16.9. The number of carbonyl (C=O) groups is 2. The number of hydrogen-bond acceptors (Lipinski definition) is 6. The zero-order valence-corrected chi connectivity index (χ0v) is 26.9. The van der Waals surface area contributed by atoms with Crippen molar-refractivity contribution in [1.29, 1.82) is 0 Å². The quantitative estimate of drug-likeness (QED) is 0.409. The molecule has 2 spiro atoms. The topological polar surface area (TPSA) is 111 Å². The fraction of sp³-hybridized carbons (Fsp3) is 0.941. The van der Waals surface area contributed by atoms with E-state index in [2.05, 4.69) is 34.6 Å². The van der Waals surface area contributed by atoms with Crippen LogP contribution in [0.3, 0.4) is 0 Å². The van der Waals surface area contributed by atoms with Gasteiger partial charge >= 0.3 is 12.2 Å². The van der Waals surface area contributed by atoms with Gasteiger partial charge in [-0.1, -0.05) is 34.6 Å². The Labute approximate surface area is 252 Å². The van der Waals surface area contributed by atoms with Crippen LogP contribution in [0.2, 0.25) is 0 Å². The van der Waals surface area contributed by atoms with Crippen LogP contribution in [-0.4, -0.2) is 66.8 Å². The van der Waals surface area contributed by atoms with Crippen LogP contribution in [0.5, 0.6) is 0 Å². The number of primary amides is 1. The van der Waals surface area contributed by atoms with Gasteiger partial charge in [0, 0.05) is 25.6 Å². The highest BCUT2D eigenvalue weighted by atomic mass is 16.6. The molecule has 7 aliphatic rings. The third-order valence-corrected chi connectivity index (χ3v) is 14.2. The number of fused-ring (bicyclic) bond motifs is 4. The highest BCUT2D eigenvalue weighted by Gasteiger charge is 2.81. The van der Waals surface area contributed by atoms with Gasteiger partial charge in [-0.25, -0.2) is 9.59 Å². The number of hydrogen-bond donors (Lipinski definition) is 2. The Morgan fingerprint density at radius 3 is 2.29 bits per heavy atom. The molecule has 0 aromatic carbocycles. The highest BCUT2D eigenvalue weighted by molar-refractivity contribution is 5.68. The van der Waals surface area contributed by atoms with E-state index in [1.54, 1.807) is 0 Å². The van der Waals surface area contributed by atoms with E-state index in [1.807, 2.05) is 4.90 Å². The van der Waals surface area contributed by atoms with Gasteiger partial charge in [-0.05, 0) is 116 Å². The summed E-state index contributed by atoms with van der Waals surface area (Å²) >= 11 is 0. The van der Waals surface area contributed by atoms with Gasteiger partial charge in [0.05, 0.1) is 12.2 Å². The average Bonchev–Trinajstić information content (AvgIpc) is 3.48. The van der Waals surface area contributed by atoms with Gasteiger partial charge in [-0.2, -0.15) is 0 Å². The van der Waals surface area contributed by atoms with E-state index in [0.717, 1.165) is 64.1 Å². The molecule has 8 nitrogen and oxygen atoms in total. The summed E-state index contributed by atoms with van der Waals surface area (Å²) in [6.07, 6.45) is 12.5. The van der Waals surface area contributed by atoms with Crippen molar-refractivity contribution in [2.24, 2.45) is 57.0 Å². The largest absolute Gasteiger partial charge is 0.446 e. The summed E-state index contributed by atoms with van der Waals surface area (Å²) in [5, 5.41) is 7.00. The number of nitrogens with zero attached hydrogens (tertiary/aromatic N) is 1. The van der Waals surface area contributed by atoms with E-state index < -0.39 is 6.09 Å². The summed E-state index contributed by atoms with van der Waals surface area (Å²) in [6, 6.07) is 0. The number of carbonyl (C=O) groups excluding carboxylic acids is 2. The maximum atomic E-state index is 12.8. The van der Waals surface area contributed by atoms with Crippen molar-refractivity contribution in [3.05, 3.63) is 0 Å². The lowest BCUT2D eigenvalue weighted by atomic mass is 9.46.